The topological polar surface area (TPSA) is 88.7 Å². The van der Waals surface area contributed by atoms with Crippen LogP contribution in [-0.4, -0.2) is 11.9 Å². The van der Waals surface area contributed by atoms with Gasteiger partial charge in [0.15, 0.2) is 0 Å². The van der Waals surface area contributed by atoms with E-state index in [1.54, 1.807) is 36.4 Å². The summed E-state index contributed by atoms with van der Waals surface area (Å²) in [5, 5.41) is 22.9. The number of rotatable bonds is 4. The second-order valence-corrected chi connectivity index (χ2v) is 4.10. The number of hydrogen-bond donors (Lipinski definition) is 2. The van der Waals surface area contributed by atoms with E-state index in [1.165, 1.54) is 6.20 Å². The molecule has 0 spiro atoms. The lowest BCUT2D eigenvalue weighted by Gasteiger charge is -2.11. The van der Waals surface area contributed by atoms with Crippen LogP contribution in [0.25, 0.3) is 0 Å². The first kappa shape index (κ1) is 14.3. The van der Waals surface area contributed by atoms with Crippen molar-refractivity contribution in [1.29, 1.82) is 10.5 Å². The van der Waals surface area contributed by atoms with Crippen molar-refractivity contribution in [3.8, 4) is 12.1 Å². The third-order valence-electron chi connectivity index (χ3n) is 2.20. The molecule has 0 aliphatic rings. The standard InChI is InChI=1S/C14H14N4O/c1-10(2)18-14(19)12-5-3-4-6-13(12)17-9-11(7-15)8-16/h3-6,9-10,17H,1-2H3,(H,18,19). The summed E-state index contributed by atoms with van der Waals surface area (Å²) in [4.78, 5) is 12.0. The van der Waals surface area contributed by atoms with E-state index < -0.39 is 0 Å². The summed E-state index contributed by atoms with van der Waals surface area (Å²) in [7, 11) is 0. The number of nitrogens with one attached hydrogen (secondary N) is 2. The minimum absolute atomic E-state index is 0.0323. The Labute approximate surface area is 112 Å². The van der Waals surface area contributed by atoms with Crippen LogP contribution in [0, 0.1) is 22.7 Å². The van der Waals surface area contributed by atoms with Crippen molar-refractivity contribution in [3.05, 3.63) is 41.6 Å². The van der Waals surface area contributed by atoms with Gasteiger partial charge in [-0.05, 0) is 26.0 Å². The summed E-state index contributed by atoms with van der Waals surface area (Å²) in [6.07, 6.45) is 1.28. The van der Waals surface area contributed by atoms with Crippen molar-refractivity contribution in [2.75, 3.05) is 5.32 Å². The fourth-order valence-electron chi connectivity index (χ4n) is 1.39. The molecular weight excluding hydrogens is 240 g/mol. The van der Waals surface area contributed by atoms with Crippen LogP contribution in [0.1, 0.15) is 24.2 Å². The molecule has 0 atom stereocenters. The highest BCUT2D eigenvalue weighted by Crippen LogP contribution is 2.15. The minimum atomic E-state index is -0.207. The predicted molar refractivity (Wildman–Crippen MR) is 72.0 cm³/mol. The first-order chi connectivity index (χ1) is 9.08. The molecule has 0 saturated heterocycles. The maximum absolute atomic E-state index is 12.0. The number of carbonyl (C=O) groups is 1. The lowest BCUT2D eigenvalue weighted by Crippen LogP contribution is -2.30. The van der Waals surface area contributed by atoms with Gasteiger partial charge in [-0.15, -0.1) is 0 Å². The van der Waals surface area contributed by atoms with Crippen LogP contribution in [0.4, 0.5) is 5.69 Å². The Morgan fingerprint density at radius 3 is 2.47 bits per heavy atom. The molecule has 1 amide bonds. The number of hydrogen-bond acceptors (Lipinski definition) is 4. The molecule has 1 aromatic carbocycles. The lowest BCUT2D eigenvalue weighted by molar-refractivity contribution is 0.0944. The molecule has 0 aromatic heterocycles. The number of amides is 1. The Kier molecular flexibility index (Phi) is 5.13. The van der Waals surface area contributed by atoms with Crippen molar-refractivity contribution >= 4 is 11.6 Å². The van der Waals surface area contributed by atoms with Crippen molar-refractivity contribution in [3.63, 3.8) is 0 Å². The largest absolute Gasteiger partial charge is 0.359 e. The predicted octanol–water partition coefficient (Wildman–Crippen LogP) is 2.17. The molecule has 0 bridgehead atoms. The molecule has 0 fully saturated rings. The first-order valence-electron chi connectivity index (χ1n) is 5.75. The monoisotopic (exact) mass is 254 g/mol. The van der Waals surface area contributed by atoms with Crippen molar-refractivity contribution in [2.45, 2.75) is 19.9 Å². The fraction of sp³-hybridized carbons (Fsp3) is 0.214. The van der Waals surface area contributed by atoms with Crippen molar-refractivity contribution < 1.29 is 4.79 Å². The Morgan fingerprint density at radius 2 is 1.89 bits per heavy atom. The zero-order valence-corrected chi connectivity index (χ0v) is 10.8. The Balaban J connectivity index is 2.98. The lowest BCUT2D eigenvalue weighted by atomic mass is 10.1. The van der Waals surface area contributed by atoms with E-state index in [0.29, 0.717) is 11.3 Å². The molecule has 2 N–H and O–H groups in total. The molecule has 0 aliphatic carbocycles. The molecule has 1 aromatic rings. The maximum atomic E-state index is 12.0. The average molecular weight is 254 g/mol. The maximum Gasteiger partial charge on any atom is 0.253 e. The van der Waals surface area contributed by atoms with Crippen LogP contribution in [0.3, 0.4) is 0 Å². The molecule has 5 heteroatoms. The van der Waals surface area contributed by atoms with E-state index in [0.717, 1.165) is 0 Å². The van der Waals surface area contributed by atoms with Gasteiger partial charge < -0.3 is 10.6 Å². The van der Waals surface area contributed by atoms with Crippen LogP contribution in [0.2, 0.25) is 0 Å². The van der Waals surface area contributed by atoms with Gasteiger partial charge in [-0.1, -0.05) is 12.1 Å². The molecule has 96 valence electrons. The van der Waals surface area contributed by atoms with Gasteiger partial charge in [0.2, 0.25) is 0 Å². The number of carbonyl (C=O) groups excluding carboxylic acids is 1. The van der Waals surface area contributed by atoms with E-state index in [1.807, 2.05) is 13.8 Å². The number of nitriles is 2. The van der Waals surface area contributed by atoms with Crippen LogP contribution < -0.4 is 10.6 Å². The Bertz CT molecular complexity index is 560. The number of anilines is 1. The molecule has 5 nitrogen and oxygen atoms in total. The summed E-state index contributed by atoms with van der Waals surface area (Å²) in [5.41, 5.74) is 0.949. The molecular formula is C14H14N4O. The van der Waals surface area contributed by atoms with Gasteiger partial charge in [0.1, 0.15) is 17.7 Å². The Morgan fingerprint density at radius 1 is 1.26 bits per heavy atom. The van der Waals surface area contributed by atoms with Gasteiger partial charge in [-0.25, -0.2) is 0 Å². The molecule has 1 rings (SSSR count). The highest BCUT2D eigenvalue weighted by molar-refractivity contribution is 5.99. The number of nitrogens with zero attached hydrogens (tertiary/aromatic N) is 2. The normalized spacial score (nSPS) is 9.11. The molecule has 0 radical (unpaired) electrons. The summed E-state index contributed by atoms with van der Waals surface area (Å²) in [5.74, 6) is -0.207. The molecule has 0 aliphatic heterocycles. The molecule has 0 unspecified atom stereocenters. The van der Waals surface area contributed by atoms with Crippen LogP contribution >= 0.6 is 0 Å². The summed E-state index contributed by atoms with van der Waals surface area (Å²) in [6, 6.07) is 10.4. The number of benzene rings is 1. The zero-order chi connectivity index (χ0) is 14.3. The Hall–Kier alpha value is -2.79. The van der Waals surface area contributed by atoms with Crippen LogP contribution in [0.15, 0.2) is 36.0 Å². The highest BCUT2D eigenvalue weighted by Gasteiger charge is 2.10. The van der Waals surface area contributed by atoms with Gasteiger partial charge in [-0.3, -0.25) is 4.79 Å². The zero-order valence-electron chi connectivity index (χ0n) is 10.8. The van der Waals surface area contributed by atoms with Gasteiger partial charge in [0.25, 0.3) is 5.91 Å². The second-order valence-electron chi connectivity index (χ2n) is 4.10. The number of para-hydroxylation sites is 1. The van der Waals surface area contributed by atoms with Crippen LogP contribution in [0.5, 0.6) is 0 Å². The molecule has 19 heavy (non-hydrogen) atoms. The van der Waals surface area contributed by atoms with Crippen molar-refractivity contribution in [2.24, 2.45) is 0 Å². The van der Waals surface area contributed by atoms with Gasteiger partial charge in [0.05, 0.1) is 11.3 Å². The SMILES string of the molecule is CC(C)NC(=O)c1ccccc1NC=C(C#N)C#N. The average Bonchev–Trinajstić information content (AvgIpc) is 2.39. The van der Waals surface area contributed by atoms with Crippen LogP contribution in [-0.2, 0) is 0 Å². The van der Waals surface area contributed by atoms with Crippen molar-refractivity contribution in [1.82, 2.24) is 5.32 Å². The minimum Gasteiger partial charge on any atom is -0.359 e. The van der Waals surface area contributed by atoms with E-state index in [9.17, 15) is 4.79 Å². The van der Waals surface area contributed by atoms with Gasteiger partial charge >= 0.3 is 0 Å². The summed E-state index contributed by atoms with van der Waals surface area (Å²) >= 11 is 0. The smallest absolute Gasteiger partial charge is 0.253 e. The quantitative estimate of drug-likeness (QED) is 0.806. The third kappa shape index (κ3) is 4.18. The first-order valence-corrected chi connectivity index (χ1v) is 5.75. The van der Waals surface area contributed by atoms with Gasteiger partial charge in [-0.2, -0.15) is 10.5 Å². The van der Waals surface area contributed by atoms with E-state index >= 15 is 0 Å². The second kappa shape index (κ2) is 6.83. The summed E-state index contributed by atoms with van der Waals surface area (Å²) in [6.45, 7) is 3.74. The fourth-order valence-corrected chi connectivity index (χ4v) is 1.39. The highest BCUT2D eigenvalue weighted by atomic mass is 16.1. The summed E-state index contributed by atoms with van der Waals surface area (Å²) < 4.78 is 0. The molecule has 0 saturated carbocycles. The van der Waals surface area contributed by atoms with E-state index in [2.05, 4.69) is 10.6 Å². The third-order valence-corrected chi connectivity index (χ3v) is 2.20. The molecule has 0 heterocycles. The van der Waals surface area contributed by atoms with E-state index in [4.69, 9.17) is 10.5 Å². The van der Waals surface area contributed by atoms with Gasteiger partial charge in [0, 0.05) is 12.2 Å². The number of allylic oxidation sites excluding steroid dienone is 1. The van der Waals surface area contributed by atoms with E-state index in [-0.39, 0.29) is 17.5 Å².